The van der Waals surface area contributed by atoms with Crippen LogP contribution in [0.5, 0.6) is 0 Å². The third kappa shape index (κ3) is 5.64. The van der Waals surface area contributed by atoms with Crippen LogP contribution < -0.4 is 0 Å². The molecule has 0 nitrogen and oxygen atoms in total. The molecule has 82 valence electrons. The van der Waals surface area contributed by atoms with Crippen LogP contribution in [0.1, 0.15) is 37.7 Å². The fourth-order valence-electron chi connectivity index (χ4n) is 1.35. The Labute approximate surface area is 107 Å². The van der Waals surface area contributed by atoms with Crippen molar-refractivity contribution >= 4 is 15.9 Å². The van der Waals surface area contributed by atoms with Crippen molar-refractivity contribution in [1.82, 2.24) is 0 Å². The van der Waals surface area contributed by atoms with E-state index in [1.165, 1.54) is 6.42 Å². The summed E-state index contributed by atoms with van der Waals surface area (Å²) in [4.78, 5) is 0. The maximum absolute atomic E-state index is 5.18. The van der Waals surface area contributed by atoms with Crippen molar-refractivity contribution < 1.29 is 0 Å². The second-order valence-electron chi connectivity index (χ2n) is 3.58. The van der Waals surface area contributed by atoms with Gasteiger partial charge in [-0.2, -0.15) is 0 Å². The van der Waals surface area contributed by atoms with E-state index in [4.69, 9.17) is 6.42 Å². The predicted octanol–water partition coefficient (Wildman–Crippen LogP) is 4.38. The molecule has 0 amide bonds. The van der Waals surface area contributed by atoms with E-state index in [0.29, 0.717) is 0 Å². The summed E-state index contributed by atoms with van der Waals surface area (Å²) in [5.41, 5.74) is 1.07. The lowest BCUT2D eigenvalue weighted by molar-refractivity contribution is 0.709. The summed E-state index contributed by atoms with van der Waals surface area (Å²) < 4.78 is 1.08. The second kappa shape index (κ2) is 8.03. The Morgan fingerprint density at radius 1 is 1.12 bits per heavy atom. The summed E-state index contributed by atoms with van der Waals surface area (Å²) in [6.07, 6.45) is 10.5. The lowest BCUT2D eigenvalue weighted by Crippen LogP contribution is -1.76. The lowest BCUT2D eigenvalue weighted by atomic mass is 10.1. The Balaban J connectivity index is 2.25. The number of benzene rings is 1. The minimum absolute atomic E-state index is 0.888. The van der Waals surface area contributed by atoms with Gasteiger partial charge in [0.2, 0.25) is 0 Å². The van der Waals surface area contributed by atoms with Crippen molar-refractivity contribution in [3.63, 3.8) is 0 Å². The van der Waals surface area contributed by atoms with Crippen molar-refractivity contribution in [3.8, 4) is 24.2 Å². The third-order valence-electron chi connectivity index (χ3n) is 2.18. The van der Waals surface area contributed by atoms with E-state index >= 15 is 0 Å². The fraction of sp³-hybridized carbons (Fsp3) is 0.333. The molecule has 1 heteroatoms. The van der Waals surface area contributed by atoms with Gasteiger partial charge in [0.15, 0.2) is 0 Å². The van der Waals surface area contributed by atoms with Crippen LogP contribution in [0.3, 0.4) is 0 Å². The first-order chi connectivity index (χ1) is 7.83. The van der Waals surface area contributed by atoms with Crippen LogP contribution in [0.15, 0.2) is 28.7 Å². The molecule has 0 aliphatic rings. The normalized spacial score (nSPS) is 9.00. The highest BCUT2D eigenvalue weighted by atomic mass is 79.9. The van der Waals surface area contributed by atoms with E-state index in [1.807, 2.05) is 24.3 Å². The van der Waals surface area contributed by atoms with Gasteiger partial charge in [0, 0.05) is 22.9 Å². The average molecular weight is 275 g/mol. The van der Waals surface area contributed by atoms with Gasteiger partial charge in [0.05, 0.1) is 0 Å². The molecule has 1 aromatic carbocycles. The zero-order chi connectivity index (χ0) is 11.6. The van der Waals surface area contributed by atoms with Gasteiger partial charge in [-0.25, -0.2) is 0 Å². The van der Waals surface area contributed by atoms with E-state index in [1.54, 1.807) is 0 Å². The van der Waals surface area contributed by atoms with Gasteiger partial charge in [0.1, 0.15) is 0 Å². The fourth-order valence-corrected chi connectivity index (χ4v) is 1.75. The standard InChI is InChI=1S/C15H15Br/c1-2-3-4-5-6-7-8-10-14-11-9-12-15(16)13-14/h1,9,11-13H,3-7H2. The molecule has 1 rings (SSSR count). The first-order valence-corrected chi connectivity index (χ1v) is 6.30. The summed E-state index contributed by atoms with van der Waals surface area (Å²) in [6.45, 7) is 0. The first-order valence-electron chi connectivity index (χ1n) is 5.51. The van der Waals surface area contributed by atoms with E-state index in [2.05, 4.69) is 33.7 Å². The van der Waals surface area contributed by atoms with Gasteiger partial charge in [0.25, 0.3) is 0 Å². The van der Waals surface area contributed by atoms with Crippen molar-refractivity contribution in [2.24, 2.45) is 0 Å². The average Bonchev–Trinajstić information content (AvgIpc) is 2.28. The van der Waals surface area contributed by atoms with Gasteiger partial charge in [-0.15, -0.1) is 12.3 Å². The molecule has 0 unspecified atom stereocenters. The minimum atomic E-state index is 0.888. The summed E-state index contributed by atoms with van der Waals surface area (Å²) in [5, 5.41) is 0. The molecule has 0 radical (unpaired) electrons. The maximum Gasteiger partial charge on any atom is 0.0256 e. The Bertz CT molecular complexity index is 415. The molecule has 0 saturated carbocycles. The molecule has 0 bridgehead atoms. The Kier molecular flexibility index (Phi) is 6.47. The van der Waals surface area contributed by atoms with Crippen LogP contribution >= 0.6 is 15.9 Å². The highest BCUT2D eigenvalue weighted by molar-refractivity contribution is 9.10. The predicted molar refractivity (Wildman–Crippen MR) is 72.9 cm³/mol. The van der Waals surface area contributed by atoms with Gasteiger partial charge < -0.3 is 0 Å². The van der Waals surface area contributed by atoms with Gasteiger partial charge in [-0.05, 0) is 31.0 Å². The molecule has 0 spiro atoms. The molecule has 16 heavy (non-hydrogen) atoms. The minimum Gasteiger partial charge on any atom is -0.120 e. The van der Waals surface area contributed by atoms with E-state index in [0.717, 1.165) is 35.7 Å². The molecular weight excluding hydrogens is 260 g/mol. The SMILES string of the molecule is C#CCCCCCC#Cc1cccc(Br)c1. The number of unbranched alkanes of at least 4 members (excludes halogenated alkanes) is 4. The zero-order valence-corrected chi connectivity index (χ0v) is 10.9. The number of rotatable bonds is 4. The third-order valence-corrected chi connectivity index (χ3v) is 2.67. The second-order valence-corrected chi connectivity index (χ2v) is 4.49. The van der Waals surface area contributed by atoms with Crippen molar-refractivity contribution in [2.75, 3.05) is 0 Å². The van der Waals surface area contributed by atoms with Crippen LogP contribution in [-0.4, -0.2) is 0 Å². The monoisotopic (exact) mass is 274 g/mol. The molecule has 0 N–H and O–H groups in total. The smallest absolute Gasteiger partial charge is 0.0256 e. The van der Waals surface area contributed by atoms with Crippen LogP contribution in [-0.2, 0) is 0 Å². The Morgan fingerprint density at radius 2 is 1.94 bits per heavy atom. The molecule has 0 aromatic heterocycles. The van der Waals surface area contributed by atoms with E-state index in [-0.39, 0.29) is 0 Å². The highest BCUT2D eigenvalue weighted by Crippen LogP contribution is 2.10. The summed E-state index contributed by atoms with van der Waals surface area (Å²) in [6, 6.07) is 8.06. The van der Waals surface area contributed by atoms with Crippen LogP contribution in [0, 0.1) is 24.2 Å². The van der Waals surface area contributed by atoms with Crippen molar-refractivity contribution in [1.29, 1.82) is 0 Å². The topological polar surface area (TPSA) is 0 Å². The van der Waals surface area contributed by atoms with Gasteiger partial charge >= 0.3 is 0 Å². The van der Waals surface area contributed by atoms with Crippen LogP contribution in [0.25, 0.3) is 0 Å². The van der Waals surface area contributed by atoms with Crippen molar-refractivity contribution in [3.05, 3.63) is 34.3 Å². The Hall–Kier alpha value is -1.18. The Morgan fingerprint density at radius 3 is 2.69 bits per heavy atom. The molecular formula is C15H15Br. The largest absolute Gasteiger partial charge is 0.120 e. The quantitative estimate of drug-likeness (QED) is 0.565. The molecule has 0 atom stereocenters. The summed E-state index contributed by atoms with van der Waals surface area (Å²) in [7, 11) is 0. The molecule has 0 aliphatic carbocycles. The first kappa shape index (κ1) is 12.9. The summed E-state index contributed by atoms with van der Waals surface area (Å²) >= 11 is 3.43. The van der Waals surface area contributed by atoms with E-state index in [9.17, 15) is 0 Å². The molecule has 0 fully saturated rings. The van der Waals surface area contributed by atoms with E-state index < -0.39 is 0 Å². The number of hydrogen-bond acceptors (Lipinski definition) is 0. The summed E-state index contributed by atoms with van der Waals surface area (Å²) in [5.74, 6) is 8.99. The molecule has 0 aliphatic heterocycles. The maximum atomic E-state index is 5.18. The molecule has 1 aromatic rings. The zero-order valence-electron chi connectivity index (χ0n) is 9.30. The number of halogens is 1. The number of terminal acetylenes is 1. The lowest BCUT2D eigenvalue weighted by Gasteiger charge is -1.93. The van der Waals surface area contributed by atoms with Crippen LogP contribution in [0.2, 0.25) is 0 Å². The highest BCUT2D eigenvalue weighted by Gasteiger charge is 1.88. The molecule has 0 saturated heterocycles. The van der Waals surface area contributed by atoms with Crippen molar-refractivity contribution in [2.45, 2.75) is 32.1 Å². The van der Waals surface area contributed by atoms with Gasteiger partial charge in [-0.1, -0.05) is 40.3 Å². The molecule has 0 heterocycles. The van der Waals surface area contributed by atoms with Gasteiger partial charge in [-0.3, -0.25) is 0 Å². The number of hydrogen-bond donors (Lipinski definition) is 0. The van der Waals surface area contributed by atoms with Crippen LogP contribution in [0.4, 0.5) is 0 Å².